The van der Waals surface area contributed by atoms with E-state index in [0.29, 0.717) is 0 Å². The van der Waals surface area contributed by atoms with Crippen molar-refractivity contribution in [3.63, 3.8) is 0 Å². The number of cyclic esters (lactones) is 1. The van der Waals surface area contributed by atoms with Gasteiger partial charge in [-0.1, -0.05) is 29.8 Å². The smallest absolute Gasteiger partial charge is 0.355 e. The number of amides is 1. The minimum atomic E-state index is -1.35. The molecule has 1 aromatic carbocycles. The summed E-state index contributed by atoms with van der Waals surface area (Å²) >= 11 is 5.70. The molecule has 6 nitrogen and oxygen atoms in total. The largest absolute Gasteiger partial charge is 0.415 e. The molecular formula is C13H10ClNO5. The summed E-state index contributed by atoms with van der Waals surface area (Å²) in [5.41, 5.74) is 0.210. The number of halogens is 1. The van der Waals surface area contributed by atoms with Crippen molar-refractivity contribution in [3.8, 4) is 0 Å². The Balaban J connectivity index is 2.15. The first-order valence-corrected chi connectivity index (χ1v) is 6.01. The summed E-state index contributed by atoms with van der Waals surface area (Å²) in [6.07, 6.45) is -1.35. The molecule has 0 aromatic heterocycles. The van der Waals surface area contributed by atoms with Crippen LogP contribution in [0.25, 0.3) is 0 Å². The fraction of sp³-hybridized carbons (Fsp3) is 0.154. The molecule has 1 aliphatic heterocycles. The van der Waals surface area contributed by atoms with Crippen molar-refractivity contribution in [2.24, 2.45) is 0 Å². The fourth-order valence-corrected chi connectivity index (χ4v) is 1.73. The fourth-order valence-electron chi connectivity index (χ4n) is 1.55. The zero-order valence-electron chi connectivity index (χ0n) is 10.4. The van der Waals surface area contributed by atoms with Gasteiger partial charge in [0.1, 0.15) is 5.70 Å². The Bertz CT molecular complexity index is 596. The summed E-state index contributed by atoms with van der Waals surface area (Å²) < 4.78 is 9.79. The van der Waals surface area contributed by atoms with Gasteiger partial charge in [-0.15, -0.1) is 0 Å². The van der Waals surface area contributed by atoms with Crippen molar-refractivity contribution in [2.45, 2.75) is 13.2 Å². The van der Waals surface area contributed by atoms with Gasteiger partial charge < -0.3 is 14.8 Å². The van der Waals surface area contributed by atoms with Crippen molar-refractivity contribution < 1.29 is 23.9 Å². The molecule has 0 aliphatic carbocycles. The molecule has 2 rings (SSSR count). The molecule has 1 heterocycles. The van der Waals surface area contributed by atoms with Crippen LogP contribution in [0.15, 0.2) is 41.1 Å². The maximum absolute atomic E-state index is 11.9. The van der Waals surface area contributed by atoms with E-state index in [1.165, 1.54) is 6.92 Å². The zero-order valence-corrected chi connectivity index (χ0v) is 11.1. The van der Waals surface area contributed by atoms with E-state index in [2.05, 4.69) is 5.32 Å². The molecule has 1 aliphatic rings. The van der Waals surface area contributed by atoms with Gasteiger partial charge in [0.15, 0.2) is 5.03 Å². The van der Waals surface area contributed by atoms with Gasteiger partial charge in [-0.3, -0.25) is 4.79 Å². The van der Waals surface area contributed by atoms with Crippen LogP contribution in [-0.2, 0) is 19.1 Å². The maximum atomic E-state index is 11.9. The van der Waals surface area contributed by atoms with Crippen LogP contribution in [0.2, 0.25) is 0 Å². The van der Waals surface area contributed by atoms with E-state index in [4.69, 9.17) is 21.1 Å². The van der Waals surface area contributed by atoms with Gasteiger partial charge >= 0.3 is 11.9 Å². The molecule has 0 saturated heterocycles. The van der Waals surface area contributed by atoms with Gasteiger partial charge in [-0.2, -0.15) is 0 Å². The van der Waals surface area contributed by atoms with Crippen LogP contribution in [0.4, 0.5) is 0 Å². The molecule has 104 valence electrons. The molecular weight excluding hydrogens is 286 g/mol. The molecule has 7 heteroatoms. The number of hydrogen-bond donors (Lipinski definition) is 1. The van der Waals surface area contributed by atoms with E-state index in [1.807, 2.05) is 0 Å². The predicted octanol–water partition coefficient (Wildman–Crippen LogP) is 1.31. The molecule has 0 bridgehead atoms. The zero-order chi connectivity index (χ0) is 14.7. The van der Waals surface area contributed by atoms with E-state index in [-0.39, 0.29) is 16.3 Å². The summed E-state index contributed by atoms with van der Waals surface area (Å²) in [5, 5.41) is 2.00. The van der Waals surface area contributed by atoms with Crippen molar-refractivity contribution in [1.82, 2.24) is 5.32 Å². The van der Waals surface area contributed by atoms with Crippen molar-refractivity contribution >= 4 is 29.4 Å². The molecule has 0 saturated carbocycles. The van der Waals surface area contributed by atoms with Gasteiger partial charge in [0.25, 0.3) is 6.29 Å². The van der Waals surface area contributed by atoms with Crippen LogP contribution >= 0.6 is 11.6 Å². The van der Waals surface area contributed by atoms with Crippen LogP contribution in [0, 0.1) is 0 Å². The Morgan fingerprint density at radius 1 is 1.30 bits per heavy atom. The highest BCUT2D eigenvalue weighted by Gasteiger charge is 2.37. The third-order valence-corrected chi connectivity index (χ3v) is 2.76. The number of nitrogens with one attached hydrogen (secondary N) is 1. The second kappa shape index (κ2) is 5.75. The average molecular weight is 296 g/mol. The lowest BCUT2D eigenvalue weighted by atomic mass is 10.2. The standard InChI is InChI=1S/C13H10ClNO5/c1-7(16)15-10-9(14)12(18)20-13(10)19-11(17)8-5-3-2-4-6-8/h2-6,13H,1H3,(H,15,16)/t13-/m1/s1. The van der Waals surface area contributed by atoms with E-state index in [0.717, 1.165) is 0 Å². The first-order chi connectivity index (χ1) is 9.49. The number of carbonyl (C=O) groups is 3. The van der Waals surface area contributed by atoms with E-state index in [1.54, 1.807) is 30.3 Å². The van der Waals surface area contributed by atoms with E-state index < -0.39 is 24.1 Å². The third kappa shape index (κ3) is 2.97. The van der Waals surface area contributed by atoms with Crippen molar-refractivity contribution in [2.75, 3.05) is 0 Å². The summed E-state index contributed by atoms with van der Waals surface area (Å²) in [4.78, 5) is 34.2. The topological polar surface area (TPSA) is 81.7 Å². The van der Waals surface area contributed by atoms with Gasteiger partial charge in [0.2, 0.25) is 5.91 Å². The maximum Gasteiger partial charge on any atom is 0.355 e. The van der Waals surface area contributed by atoms with Gasteiger partial charge in [0, 0.05) is 6.92 Å². The SMILES string of the molecule is CC(=O)NC1=C(Cl)C(=O)O[C@H]1OC(=O)c1ccccc1. The molecule has 0 unspecified atom stereocenters. The normalized spacial score (nSPS) is 17.7. The Labute approximate surface area is 119 Å². The number of ether oxygens (including phenoxy) is 2. The number of esters is 2. The van der Waals surface area contributed by atoms with Crippen LogP contribution < -0.4 is 5.32 Å². The van der Waals surface area contributed by atoms with Crippen LogP contribution in [0.3, 0.4) is 0 Å². The molecule has 1 aromatic rings. The van der Waals surface area contributed by atoms with E-state index in [9.17, 15) is 14.4 Å². The van der Waals surface area contributed by atoms with Gasteiger partial charge in [-0.25, -0.2) is 9.59 Å². The molecule has 1 N–H and O–H groups in total. The first kappa shape index (κ1) is 14.1. The van der Waals surface area contributed by atoms with Gasteiger partial charge in [-0.05, 0) is 12.1 Å². The Hall–Kier alpha value is -2.34. The molecule has 0 radical (unpaired) electrons. The highest BCUT2D eigenvalue weighted by Crippen LogP contribution is 2.25. The molecule has 0 fully saturated rings. The predicted molar refractivity (Wildman–Crippen MR) is 68.4 cm³/mol. The van der Waals surface area contributed by atoms with Crippen molar-refractivity contribution in [3.05, 3.63) is 46.6 Å². The van der Waals surface area contributed by atoms with Crippen LogP contribution in [0.5, 0.6) is 0 Å². The second-order valence-electron chi connectivity index (χ2n) is 3.92. The summed E-state index contributed by atoms with van der Waals surface area (Å²) in [5.74, 6) is -2.02. The Morgan fingerprint density at radius 2 is 1.95 bits per heavy atom. The minimum Gasteiger partial charge on any atom is -0.415 e. The lowest BCUT2D eigenvalue weighted by molar-refractivity contribution is -0.153. The first-order valence-electron chi connectivity index (χ1n) is 5.63. The van der Waals surface area contributed by atoms with E-state index >= 15 is 0 Å². The molecule has 0 spiro atoms. The quantitative estimate of drug-likeness (QED) is 0.850. The highest BCUT2D eigenvalue weighted by atomic mass is 35.5. The van der Waals surface area contributed by atoms with Crippen molar-refractivity contribution in [1.29, 1.82) is 0 Å². The summed E-state index contributed by atoms with van der Waals surface area (Å²) in [6.45, 7) is 1.23. The van der Waals surface area contributed by atoms with Gasteiger partial charge in [0.05, 0.1) is 5.56 Å². The second-order valence-corrected chi connectivity index (χ2v) is 4.30. The summed E-state index contributed by atoms with van der Waals surface area (Å²) in [6, 6.07) is 8.15. The lowest BCUT2D eigenvalue weighted by Gasteiger charge is -2.14. The number of carbonyl (C=O) groups excluding carboxylic acids is 3. The Kier molecular flexibility index (Phi) is 4.05. The summed E-state index contributed by atoms with van der Waals surface area (Å²) in [7, 11) is 0. The Morgan fingerprint density at radius 3 is 2.55 bits per heavy atom. The highest BCUT2D eigenvalue weighted by molar-refractivity contribution is 6.42. The monoisotopic (exact) mass is 295 g/mol. The third-order valence-electron chi connectivity index (χ3n) is 2.40. The number of rotatable bonds is 3. The lowest BCUT2D eigenvalue weighted by Crippen LogP contribution is -2.30. The van der Waals surface area contributed by atoms with Crippen LogP contribution in [-0.4, -0.2) is 24.1 Å². The molecule has 1 atom stereocenters. The number of hydrogen-bond acceptors (Lipinski definition) is 5. The number of benzene rings is 1. The molecule has 1 amide bonds. The minimum absolute atomic E-state index is 0.0755. The average Bonchev–Trinajstić information content (AvgIpc) is 2.67. The van der Waals surface area contributed by atoms with Crippen LogP contribution in [0.1, 0.15) is 17.3 Å². The molecule has 20 heavy (non-hydrogen) atoms.